The number of hydrogen-bond acceptors (Lipinski definition) is 1. The molecule has 0 spiro atoms. The summed E-state index contributed by atoms with van der Waals surface area (Å²) in [6, 6.07) is 8.43. The Morgan fingerprint density at radius 1 is 1.06 bits per heavy atom. The standard InChI is InChI=1S/C15H24O/c1-12(2)8-10-15(16)11-9-14-7-5-4-6-13(14)3/h4-7,12,15-16H,8-11H2,1-3H3. The lowest BCUT2D eigenvalue weighted by Crippen LogP contribution is -2.09. The molecule has 0 fully saturated rings. The summed E-state index contributed by atoms with van der Waals surface area (Å²) in [6.07, 6.45) is 3.80. The van der Waals surface area contributed by atoms with Crippen LogP contribution < -0.4 is 0 Å². The molecule has 1 aromatic carbocycles. The van der Waals surface area contributed by atoms with Gasteiger partial charge in [-0.05, 0) is 49.7 Å². The summed E-state index contributed by atoms with van der Waals surface area (Å²) in [5.74, 6) is 0.688. The van der Waals surface area contributed by atoms with Crippen LogP contribution in [0.5, 0.6) is 0 Å². The molecule has 0 saturated heterocycles. The third kappa shape index (κ3) is 4.80. The van der Waals surface area contributed by atoms with Crippen LogP contribution in [0.25, 0.3) is 0 Å². The van der Waals surface area contributed by atoms with Crippen molar-refractivity contribution in [3.05, 3.63) is 35.4 Å². The molecule has 0 amide bonds. The maximum Gasteiger partial charge on any atom is 0.0543 e. The first-order valence-corrected chi connectivity index (χ1v) is 6.32. The fourth-order valence-corrected chi connectivity index (χ4v) is 1.88. The smallest absolute Gasteiger partial charge is 0.0543 e. The van der Waals surface area contributed by atoms with Crippen molar-refractivity contribution in [3.8, 4) is 0 Å². The molecule has 0 bridgehead atoms. The van der Waals surface area contributed by atoms with Gasteiger partial charge in [0.05, 0.1) is 6.10 Å². The molecule has 1 atom stereocenters. The molecule has 0 aliphatic carbocycles. The van der Waals surface area contributed by atoms with E-state index in [2.05, 4.69) is 45.0 Å². The highest BCUT2D eigenvalue weighted by molar-refractivity contribution is 5.25. The summed E-state index contributed by atoms with van der Waals surface area (Å²) in [6.45, 7) is 6.54. The molecule has 1 aromatic rings. The van der Waals surface area contributed by atoms with E-state index in [1.54, 1.807) is 0 Å². The lowest BCUT2D eigenvalue weighted by atomic mass is 9.98. The van der Waals surface area contributed by atoms with E-state index in [9.17, 15) is 5.11 Å². The quantitative estimate of drug-likeness (QED) is 0.774. The predicted molar refractivity (Wildman–Crippen MR) is 69.6 cm³/mol. The van der Waals surface area contributed by atoms with E-state index in [1.165, 1.54) is 11.1 Å². The molecule has 1 N–H and O–H groups in total. The molecule has 0 heterocycles. The van der Waals surface area contributed by atoms with E-state index >= 15 is 0 Å². The van der Waals surface area contributed by atoms with E-state index in [1.807, 2.05) is 0 Å². The molecule has 0 aliphatic heterocycles. The molecule has 0 radical (unpaired) electrons. The van der Waals surface area contributed by atoms with Crippen molar-refractivity contribution in [1.29, 1.82) is 0 Å². The third-order valence-corrected chi connectivity index (χ3v) is 3.09. The topological polar surface area (TPSA) is 20.2 Å². The molecule has 0 saturated carbocycles. The number of aliphatic hydroxyl groups excluding tert-OH is 1. The average Bonchev–Trinajstić information content (AvgIpc) is 2.25. The zero-order valence-electron chi connectivity index (χ0n) is 10.7. The molecule has 1 unspecified atom stereocenters. The molecule has 1 rings (SSSR count). The highest BCUT2D eigenvalue weighted by Crippen LogP contribution is 2.14. The number of aryl methyl sites for hydroxylation is 2. The summed E-state index contributed by atoms with van der Waals surface area (Å²) in [5.41, 5.74) is 2.70. The van der Waals surface area contributed by atoms with Crippen LogP contribution in [0.3, 0.4) is 0 Å². The van der Waals surface area contributed by atoms with Crippen LogP contribution in [-0.4, -0.2) is 11.2 Å². The van der Waals surface area contributed by atoms with Crippen molar-refractivity contribution in [1.82, 2.24) is 0 Å². The van der Waals surface area contributed by atoms with Gasteiger partial charge in [0.25, 0.3) is 0 Å². The molecule has 16 heavy (non-hydrogen) atoms. The molecular formula is C15H24O. The Morgan fingerprint density at radius 3 is 2.38 bits per heavy atom. The maximum absolute atomic E-state index is 9.85. The fourth-order valence-electron chi connectivity index (χ4n) is 1.88. The Kier molecular flexibility index (Phi) is 5.54. The Balaban J connectivity index is 2.31. The molecule has 1 nitrogen and oxygen atoms in total. The van der Waals surface area contributed by atoms with Gasteiger partial charge < -0.3 is 5.11 Å². The van der Waals surface area contributed by atoms with Crippen LogP contribution in [-0.2, 0) is 6.42 Å². The van der Waals surface area contributed by atoms with Gasteiger partial charge >= 0.3 is 0 Å². The summed E-state index contributed by atoms with van der Waals surface area (Å²) in [5, 5.41) is 9.85. The minimum absolute atomic E-state index is 0.137. The summed E-state index contributed by atoms with van der Waals surface area (Å²) in [7, 11) is 0. The molecule has 1 heteroatoms. The Labute approximate surface area is 99.5 Å². The van der Waals surface area contributed by atoms with Gasteiger partial charge in [-0.15, -0.1) is 0 Å². The Bertz CT molecular complexity index is 304. The van der Waals surface area contributed by atoms with Crippen molar-refractivity contribution in [2.45, 2.75) is 52.6 Å². The second kappa shape index (κ2) is 6.70. The van der Waals surface area contributed by atoms with Gasteiger partial charge in [-0.3, -0.25) is 0 Å². The average molecular weight is 220 g/mol. The Hall–Kier alpha value is -0.820. The number of aliphatic hydroxyl groups is 1. The van der Waals surface area contributed by atoms with Crippen LogP contribution >= 0.6 is 0 Å². The van der Waals surface area contributed by atoms with E-state index < -0.39 is 0 Å². The number of hydrogen-bond donors (Lipinski definition) is 1. The minimum Gasteiger partial charge on any atom is -0.393 e. The lowest BCUT2D eigenvalue weighted by molar-refractivity contribution is 0.147. The van der Waals surface area contributed by atoms with Gasteiger partial charge in [0.2, 0.25) is 0 Å². The van der Waals surface area contributed by atoms with E-state index in [-0.39, 0.29) is 6.10 Å². The minimum atomic E-state index is -0.137. The van der Waals surface area contributed by atoms with Gasteiger partial charge in [0, 0.05) is 0 Å². The summed E-state index contributed by atoms with van der Waals surface area (Å²) >= 11 is 0. The fraction of sp³-hybridized carbons (Fsp3) is 0.600. The van der Waals surface area contributed by atoms with Gasteiger partial charge in [0.1, 0.15) is 0 Å². The number of rotatable bonds is 6. The first-order valence-electron chi connectivity index (χ1n) is 6.32. The van der Waals surface area contributed by atoms with E-state index in [0.717, 1.165) is 25.7 Å². The summed E-state index contributed by atoms with van der Waals surface area (Å²) < 4.78 is 0. The number of benzene rings is 1. The molecule has 0 aromatic heterocycles. The molecule has 0 aliphatic rings. The van der Waals surface area contributed by atoms with Crippen molar-refractivity contribution in [3.63, 3.8) is 0 Å². The van der Waals surface area contributed by atoms with Gasteiger partial charge in [-0.25, -0.2) is 0 Å². The van der Waals surface area contributed by atoms with Crippen LogP contribution in [0.4, 0.5) is 0 Å². The second-order valence-corrected chi connectivity index (χ2v) is 5.09. The van der Waals surface area contributed by atoms with Crippen LogP contribution in [0.1, 0.15) is 44.2 Å². The monoisotopic (exact) mass is 220 g/mol. The highest BCUT2D eigenvalue weighted by Gasteiger charge is 2.06. The zero-order valence-corrected chi connectivity index (χ0v) is 10.7. The summed E-state index contributed by atoms with van der Waals surface area (Å²) in [4.78, 5) is 0. The second-order valence-electron chi connectivity index (χ2n) is 5.09. The van der Waals surface area contributed by atoms with E-state index in [4.69, 9.17) is 0 Å². The SMILES string of the molecule is Cc1ccccc1CCC(O)CCC(C)C. The zero-order chi connectivity index (χ0) is 12.0. The van der Waals surface area contributed by atoms with Crippen molar-refractivity contribution < 1.29 is 5.11 Å². The third-order valence-electron chi connectivity index (χ3n) is 3.09. The van der Waals surface area contributed by atoms with Crippen molar-refractivity contribution in [2.24, 2.45) is 5.92 Å². The van der Waals surface area contributed by atoms with Gasteiger partial charge in [-0.1, -0.05) is 38.1 Å². The maximum atomic E-state index is 9.85. The predicted octanol–water partition coefficient (Wildman–Crippen LogP) is 3.72. The highest BCUT2D eigenvalue weighted by atomic mass is 16.3. The largest absolute Gasteiger partial charge is 0.393 e. The van der Waals surface area contributed by atoms with Crippen molar-refractivity contribution >= 4 is 0 Å². The van der Waals surface area contributed by atoms with Crippen LogP contribution in [0.15, 0.2) is 24.3 Å². The van der Waals surface area contributed by atoms with E-state index in [0.29, 0.717) is 5.92 Å². The lowest BCUT2D eigenvalue weighted by Gasteiger charge is -2.12. The Morgan fingerprint density at radius 2 is 1.75 bits per heavy atom. The molecular weight excluding hydrogens is 196 g/mol. The normalized spacial score (nSPS) is 13.1. The molecule has 90 valence electrons. The van der Waals surface area contributed by atoms with Gasteiger partial charge in [-0.2, -0.15) is 0 Å². The first kappa shape index (κ1) is 13.2. The first-order chi connectivity index (χ1) is 7.59. The van der Waals surface area contributed by atoms with Crippen LogP contribution in [0.2, 0.25) is 0 Å². The van der Waals surface area contributed by atoms with Crippen LogP contribution in [0, 0.1) is 12.8 Å². The van der Waals surface area contributed by atoms with Gasteiger partial charge in [0.15, 0.2) is 0 Å². The van der Waals surface area contributed by atoms with Crippen molar-refractivity contribution in [2.75, 3.05) is 0 Å².